The lowest BCUT2D eigenvalue weighted by molar-refractivity contribution is 0.0897. The van der Waals surface area contributed by atoms with Crippen LogP contribution < -0.4 is 10.6 Å². The molecule has 2 rings (SSSR count). The first kappa shape index (κ1) is 11.8. The van der Waals surface area contributed by atoms with Crippen LogP contribution in [0.15, 0.2) is 12.1 Å². The van der Waals surface area contributed by atoms with E-state index in [1.54, 1.807) is 19.2 Å². The van der Waals surface area contributed by atoms with Gasteiger partial charge >= 0.3 is 0 Å². The van der Waals surface area contributed by atoms with Crippen molar-refractivity contribution < 1.29 is 4.79 Å². The lowest BCUT2D eigenvalue weighted by Gasteiger charge is -2.25. The summed E-state index contributed by atoms with van der Waals surface area (Å²) >= 11 is 0. The molecule has 0 spiro atoms. The molecule has 1 aromatic heterocycles. The van der Waals surface area contributed by atoms with Gasteiger partial charge in [0.2, 0.25) is 0 Å². The molecule has 1 fully saturated rings. The first-order valence-electron chi connectivity index (χ1n) is 5.87. The van der Waals surface area contributed by atoms with E-state index in [2.05, 4.69) is 34.7 Å². The Bertz CT molecular complexity index is 409. The summed E-state index contributed by atoms with van der Waals surface area (Å²) in [5.74, 6) is 1.09. The summed E-state index contributed by atoms with van der Waals surface area (Å²) < 4.78 is 0. The summed E-state index contributed by atoms with van der Waals surface area (Å²) in [6.45, 7) is 4.11. The van der Waals surface area contributed by atoms with Gasteiger partial charge in [0.05, 0.1) is 0 Å². The summed E-state index contributed by atoms with van der Waals surface area (Å²) in [4.78, 5) is 12.0. The van der Waals surface area contributed by atoms with Crippen LogP contribution in [0.2, 0.25) is 0 Å². The summed E-state index contributed by atoms with van der Waals surface area (Å²) in [5.41, 5.74) is 0.207. The Morgan fingerprint density at radius 1 is 1.35 bits per heavy atom. The Labute approximate surface area is 101 Å². The zero-order valence-electron chi connectivity index (χ0n) is 10.4. The van der Waals surface area contributed by atoms with Gasteiger partial charge in [0.1, 0.15) is 5.82 Å². The number of nitrogens with one attached hydrogen (secondary N) is 2. The van der Waals surface area contributed by atoms with Crippen LogP contribution in [0, 0.1) is 5.92 Å². The summed E-state index contributed by atoms with van der Waals surface area (Å²) in [6.07, 6.45) is 2.38. The highest BCUT2D eigenvalue weighted by Gasteiger charge is 2.39. The number of carbonyl (C=O) groups is 1. The fraction of sp³-hybridized carbons (Fsp3) is 0.583. The molecule has 2 N–H and O–H groups in total. The number of hydrogen-bond donors (Lipinski definition) is 2. The smallest absolute Gasteiger partial charge is 0.272 e. The minimum Gasteiger partial charge on any atom is -0.372 e. The molecule has 0 unspecified atom stereocenters. The molecule has 0 aromatic carbocycles. The zero-order valence-corrected chi connectivity index (χ0v) is 10.4. The molecule has 0 bridgehead atoms. The first-order chi connectivity index (χ1) is 8.03. The SMILES string of the molecule is CNc1ccc(C(=O)NC(C)(C)C2CC2)nn1. The molecular formula is C12H18N4O. The molecule has 1 aliphatic rings. The van der Waals surface area contributed by atoms with Crippen LogP contribution in [0.4, 0.5) is 5.82 Å². The van der Waals surface area contributed by atoms with E-state index >= 15 is 0 Å². The Morgan fingerprint density at radius 3 is 2.53 bits per heavy atom. The average molecular weight is 234 g/mol. The summed E-state index contributed by atoms with van der Waals surface area (Å²) in [6, 6.07) is 3.42. The van der Waals surface area contributed by atoms with Gasteiger partial charge in [-0.2, -0.15) is 0 Å². The maximum absolute atomic E-state index is 12.0. The van der Waals surface area contributed by atoms with E-state index in [-0.39, 0.29) is 11.4 Å². The van der Waals surface area contributed by atoms with Gasteiger partial charge in [-0.25, -0.2) is 0 Å². The third-order valence-corrected chi connectivity index (χ3v) is 3.19. The van der Waals surface area contributed by atoms with Crippen molar-refractivity contribution in [2.45, 2.75) is 32.2 Å². The topological polar surface area (TPSA) is 66.9 Å². The molecule has 1 aliphatic carbocycles. The zero-order chi connectivity index (χ0) is 12.5. The number of aromatic nitrogens is 2. The molecule has 1 heterocycles. The van der Waals surface area contributed by atoms with Crippen molar-refractivity contribution in [1.29, 1.82) is 0 Å². The van der Waals surface area contributed by atoms with Gasteiger partial charge in [0.15, 0.2) is 5.69 Å². The van der Waals surface area contributed by atoms with Crippen molar-refractivity contribution in [2.24, 2.45) is 5.92 Å². The molecule has 0 aliphatic heterocycles. The maximum atomic E-state index is 12.0. The maximum Gasteiger partial charge on any atom is 0.272 e. The van der Waals surface area contributed by atoms with Crippen LogP contribution in [-0.2, 0) is 0 Å². The molecule has 1 amide bonds. The van der Waals surface area contributed by atoms with Crippen molar-refractivity contribution in [2.75, 3.05) is 12.4 Å². The molecule has 1 saturated carbocycles. The Hall–Kier alpha value is -1.65. The fourth-order valence-corrected chi connectivity index (χ4v) is 1.85. The minimum atomic E-state index is -0.156. The molecule has 0 radical (unpaired) electrons. The highest BCUT2D eigenvalue weighted by molar-refractivity contribution is 5.92. The van der Waals surface area contributed by atoms with Crippen molar-refractivity contribution in [1.82, 2.24) is 15.5 Å². The quantitative estimate of drug-likeness (QED) is 0.827. The summed E-state index contributed by atoms with van der Waals surface area (Å²) in [5, 5.41) is 13.7. The fourth-order valence-electron chi connectivity index (χ4n) is 1.85. The van der Waals surface area contributed by atoms with Gasteiger partial charge in [-0.1, -0.05) is 0 Å². The van der Waals surface area contributed by atoms with E-state index in [0.29, 0.717) is 17.4 Å². The van der Waals surface area contributed by atoms with E-state index in [4.69, 9.17) is 0 Å². The average Bonchev–Trinajstić information content (AvgIpc) is 3.12. The molecule has 0 atom stereocenters. The number of amides is 1. The van der Waals surface area contributed by atoms with E-state index in [1.807, 2.05) is 0 Å². The molecule has 5 nitrogen and oxygen atoms in total. The molecule has 17 heavy (non-hydrogen) atoms. The van der Waals surface area contributed by atoms with Crippen molar-refractivity contribution in [3.63, 3.8) is 0 Å². The van der Waals surface area contributed by atoms with Gasteiger partial charge in [-0.05, 0) is 44.7 Å². The number of rotatable bonds is 4. The highest BCUT2D eigenvalue weighted by atomic mass is 16.2. The van der Waals surface area contributed by atoms with Gasteiger partial charge in [-0.15, -0.1) is 10.2 Å². The van der Waals surface area contributed by atoms with Crippen LogP contribution in [0.1, 0.15) is 37.2 Å². The Balaban J connectivity index is 2.03. The monoisotopic (exact) mass is 234 g/mol. The van der Waals surface area contributed by atoms with Crippen LogP contribution in [0.5, 0.6) is 0 Å². The molecule has 5 heteroatoms. The third-order valence-electron chi connectivity index (χ3n) is 3.19. The predicted octanol–water partition coefficient (Wildman–Crippen LogP) is 1.44. The lowest BCUT2D eigenvalue weighted by atomic mass is 9.98. The highest BCUT2D eigenvalue weighted by Crippen LogP contribution is 2.39. The van der Waals surface area contributed by atoms with Crippen molar-refractivity contribution >= 4 is 11.7 Å². The van der Waals surface area contributed by atoms with Gasteiger partial charge in [0, 0.05) is 12.6 Å². The Kier molecular flexibility index (Phi) is 3.00. The lowest BCUT2D eigenvalue weighted by Crippen LogP contribution is -2.45. The largest absolute Gasteiger partial charge is 0.372 e. The molecule has 0 saturated heterocycles. The van der Waals surface area contributed by atoms with E-state index in [9.17, 15) is 4.79 Å². The second-order valence-electron chi connectivity index (χ2n) is 5.00. The number of nitrogens with zero attached hydrogens (tertiary/aromatic N) is 2. The molecular weight excluding hydrogens is 216 g/mol. The van der Waals surface area contributed by atoms with Gasteiger partial charge < -0.3 is 10.6 Å². The van der Waals surface area contributed by atoms with Gasteiger partial charge in [-0.3, -0.25) is 4.79 Å². The van der Waals surface area contributed by atoms with Crippen LogP contribution in [0.3, 0.4) is 0 Å². The van der Waals surface area contributed by atoms with Crippen molar-refractivity contribution in [3.8, 4) is 0 Å². The number of anilines is 1. The van der Waals surface area contributed by atoms with E-state index in [0.717, 1.165) is 0 Å². The predicted molar refractivity (Wildman–Crippen MR) is 65.8 cm³/mol. The molecule has 92 valence electrons. The summed E-state index contributed by atoms with van der Waals surface area (Å²) in [7, 11) is 1.76. The Morgan fingerprint density at radius 2 is 2.06 bits per heavy atom. The normalized spacial score (nSPS) is 15.5. The van der Waals surface area contributed by atoms with Crippen molar-refractivity contribution in [3.05, 3.63) is 17.8 Å². The number of hydrogen-bond acceptors (Lipinski definition) is 4. The standard InChI is InChI=1S/C12H18N4O/c1-12(2,8-4-5-8)14-11(17)9-6-7-10(13-3)16-15-9/h6-8H,4-5H2,1-3H3,(H,13,16)(H,14,17). The van der Waals surface area contributed by atoms with Crippen LogP contribution in [-0.4, -0.2) is 28.7 Å². The van der Waals surface area contributed by atoms with Crippen LogP contribution >= 0.6 is 0 Å². The van der Waals surface area contributed by atoms with E-state index in [1.165, 1.54) is 12.8 Å². The number of carbonyl (C=O) groups excluding carboxylic acids is 1. The molecule has 1 aromatic rings. The minimum absolute atomic E-state index is 0.152. The second kappa shape index (κ2) is 4.31. The van der Waals surface area contributed by atoms with Crippen LogP contribution in [0.25, 0.3) is 0 Å². The van der Waals surface area contributed by atoms with Gasteiger partial charge in [0.25, 0.3) is 5.91 Å². The first-order valence-corrected chi connectivity index (χ1v) is 5.87. The second-order valence-corrected chi connectivity index (χ2v) is 5.00. The third kappa shape index (κ3) is 2.72. The van der Waals surface area contributed by atoms with E-state index < -0.39 is 0 Å².